The molecule has 4 N–H and O–H groups in total. The van der Waals surface area contributed by atoms with Crippen LogP contribution in [-0.4, -0.2) is 73.5 Å². The van der Waals surface area contributed by atoms with Crippen molar-refractivity contribution in [1.29, 1.82) is 0 Å². The highest BCUT2D eigenvalue weighted by atomic mass is 79.9. The van der Waals surface area contributed by atoms with Gasteiger partial charge in [0.1, 0.15) is 5.52 Å². The van der Waals surface area contributed by atoms with E-state index in [4.69, 9.17) is 0 Å². The largest absolute Gasteiger partial charge is 0.393 e. The molecule has 0 radical (unpaired) electrons. The van der Waals surface area contributed by atoms with Crippen LogP contribution >= 0.6 is 15.9 Å². The van der Waals surface area contributed by atoms with Crippen molar-refractivity contribution in [2.75, 3.05) is 18.4 Å². The Balaban J connectivity index is 1.06. The summed E-state index contributed by atoms with van der Waals surface area (Å²) >= 11 is 3.60. The highest BCUT2D eigenvalue weighted by Crippen LogP contribution is 2.36. The molecule has 0 bridgehead atoms. The first-order valence-electron chi connectivity index (χ1n) is 15.3. The summed E-state index contributed by atoms with van der Waals surface area (Å²) in [6.07, 6.45) is 13.3. The average molecular weight is 663 g/mol. The molecule has 1 aliphatic carbocycles. The summed E-state index contributed by atoms with van der Waals surface area (Å²) < 4.78 is 0.770. The number of anilines is 1. The van der Waals surface area contributed by atoms with Crippen molar-refractivity contribution in [3.05, 3.63) is 89.2 Å². The number of amides is 1. The molecule has 232 valence electrons. The summed E-state index contributed by atoms with van der Waals surface area (Å²) in [6.45, 7) is 1.09. The highest BCUT2D eigenvalue weighted by molar-refractivity contribution is 9.10. The van der Waals surface area contributed by atoms with E-state index in [2.05, 4.69) is 36.2 Å². The normalized spacial score (nSPS) is 22.7. The number of fused-ring (bicyclic) bond motifs is 1. The zero-order valence-corrected chi connectivity index (χ0v) is 26.3. The summed E-state index contributed by atoms with van der Waals surface area (Å²) in [7, 11) is 0. The van der Waals surface area contributed by atoms with Crippen molar-refractivity contribution in [3.8, 4) is 0 Å². The number of carbonyl (C=O) groups is 1. The molecule has 1 aromatic heterocycles. The topological polar surface area (TPSA) is 131 Å². The number of benzene rings is 2. The van der Waals surface area contributed by atoms with Gasteiger partial charge in [-0.1, -0.05) is 54.6 Å². The van der Waals surface area contributed by atoms with Crippen LogP contribution in [0.25, 0.3) is 11.0 Å². The molecule has 5 atom stereocenters. The predicted octanol–water partition coefficient (Wildman–Crippen LogP) is 5.03. The molecule has 1 saturated carbocycles. The maximum atomic E-state index is 13.0. The van der Waals surface area contributed by atoms with E-state index in [-0.39, 0.29) is 17.7 Å². The van der Waals surface area contributed by atoms with Crippen LogP contribution in [0, 0.1) is 11.8 Å². The van der Waals surface area contributed by atoms with Crippen LogP contribution in [-0.2, 0) is 11.2 Å². The number of aliphatic imine (C=N–C) groups is 1. The third-order valence-electron chi connectivity index (χ3n) is 8.35. The number of nitrogens with zero attached hydrogens (tertiary/aromatic N) is 4. The van der Waals surface area contributed by atoms with E-state index in [9.17, 15) is 20.1 Å². The van der Waals surface area contributed by atoms with Gasteiger partial charge in [-0.3, -0.25) is 24.7 Å². The maximum Gasteiger partial charge on any atom is 0.229 e. The fraction of sp³-hybridized carbons (Fsp3) is 0.412. The molecule has 2 heterocycles. The van der Waals surface area contributed by atoms with Crippen LogP contribution in [0.2, 0.25) is 0 Å². The summed E-state index contributed by atoms with van der Waals surface area (Å²) in [5.41, 5.74) is 3.46. The SMILES string of the molecule is O=C(CCC/C=C\C[C@@H]1[C@@H](/C=C/[C@@H](O)CCc2ccccc2)[C@H](O)C[C@@H]1O)N1CCN=C1Nc1ccc2nccnc2c1Br. The van der Waals surface area contributed by atoms with Gasteiger partial charge in [-0.25, -0.2) is 0 Å². The number of aryl methyl sites for hydroxylation is 1. The van der Waals surface area contributed by atoms with E-state index in [1.165, 1.54) is 5.56 Å². The lowest BCUT2D eigenvalue weighted by molar-refractivity contribution is -0.127. The van der Waals surface area contributed by atoms with Crippen molar-refractivity contribution in [2.45, 2.75) is 63.3 Å². The molecule has 10 heteroatoms. The molecular weight excluding hydrogens is 622 g/mol. The zero-order valence-electron chi connectivity index (χ0n) is 24.7. The summed E-state index contributed by atoms with van der Waals surface area (Å²) in [5.74, 6) is 0.227. The molecule has 44 heavy (non-hydrogen) atoms. The van der Waals surface area contributed by atoms with Gasteiger partial charge in [0.15, 0.2) is 0 Å². The highest BCUT2D eigenvalue weighted by Gasteiger charge is 2.39. The fourth-order valence-corrected chi connectivity index (χ4v) is 6.45. The van der Waals surface area contributed by atoms with Gasteiger partial charge in [0.2, 0.25) is 11.9 Å². The quantitative estimate of drug-likeness (QED) is 0.158. The second kappa shape index (κ2) is 15.5. The van der Waals surface area contributed by atoms with Gasteiger partial charge in [0.05, 0.1) is 40.5 Å². The van der Waals surface area contributed by atoms with Crippen molar-refractivity contribution in [1.82, 2.24) is 14.9 Å². The molecule has 0 spiro atoms. The molecule has 0 unspecified atom stereocenters. The number of aliphatic hydroxyl groups excluding tert-OH is 3. The number of hydrogen-bond acceptors (Lipinski definition) is 8. The Labute approximate surface area is 266 Å². The first-order valence-corrected chi connectivity index (χ1v) is 16.1. The summed E-state index contributed by atoms with van der Waals surface area (Å²) in [4.78, 5) is 27.9. The first kappa shape index (κ1) is 32.0. The molecule has 2 aromatic carbocycles. The zero-order chi connectivity index (χ0) is 30.9. The smallest absolute Gasteiger partial charge is 0.229 e. The summed E-state index contributed by atoms with van der Waals surface area (Å²) in [5, 5.41) is 34.9. The molecule has 2 aliphatic rings. The summed E-state index contributed by atoms with van der Waals surface area (Å²) in [6, 6.07) is 13.8. The van der Waals surface area contributed by atoms with E-state index in [1.807, 2.05) is 60.7 Å². The number of allylic oxidation sites excluding steroid dienone is 2. The Morgan fingerprint density at radius 3 is 2.75 bits per heavy atom. The predicted molar refractivity (Wildman–Crippen MR) is 176 cm³/mol. The monoisotopic (exact) mass is 661 g/mol. The third-order valence-corrected chi connectivity index (χ3v) is 9.15. The number of nitrogens with one attached hydrogen (secondary N) is 1. The standard InChI is InChI=1S/C34H40BrN5O4/c35-32-27(16-17-28-33(32)37-19-18-36-28)39-34-38-20-21-40(34)31(44)11-7-2-1-6-10-25-26(30(43)22-29(25)42)15-14-24(41)13-12-23-8-4-3-5-9-23/h1,3-6,8-9,14-19,24-26,29-30,41-43H,2,7,10-13,20-22H2,(H,38,39)/b6-1-,15-14+/t24-,25+,26+,29-,30+/m0/s1. The molecular formula is C34H40BrN5O4. The van der Waals surface area contributed by atoms with Gasteiger partial charge in [-0.05, 0) is 71.6 Å². The van der Waals surface area contributed by atoms with Crippen LogP contribution in [0.1, 0.15) is 44.1 Å². The number of rotatable bonds is 12. The van der Waals surface area contributed by atoms with E-state index < -0.39 is 18.3 Å². The molecule has 3 aromatic rings. The van der Waals surface area contributed by atoms with Crippen LogP contribution in [0.5, 0.6) is 0 Å². The molecule has 1 aliphatic heterocycles. The average Bonchev–Trinajstić information content (AvgIpc) is 3.61. The Hall–Kier alpha value is -3.44. The second-order valence-corrected chi connectivity index (χ2v) is 12.2. The second-order valence-electron chi connectivity index (χ2n) is 11.4. The number of aliphatic hydroxyl groups is 3. The molecule has 1 amide bonds. The first-order chi connectivity index (χ1) is 21.4. The maximum absolute atomic E-state index is 13.0. The lowest BCUT2D eigenvalue weighted by atomic mass is 9.89. The van der Waals surface area contributed by atoms with Crippen LogP contribution < -0.4 is 5.32 Å². The Bertz CT molecular complexity index is 1500. The minimum Gasteiger partial charge on any atom is -0.393 e. The van der Waals surface area contributed by atoms with Crippen LogP contribution in [0.15, 0.2) is 88.6 Å². The van der Waals surface area contributed by atoms with Gasteiger partial charge in [-0.15, -0.1) is 0 Å². The number of aromatic nitrogens is 2. The third kappa shape index (κ3) is 8.18. The number of halogens is 1. The lowest BCUT2D eigenvalue weighted by Gasteiger charge is -2.20. The van der Waals surface area contributed by atoms with Crippen molar-refractivity contribution in [3.63, 3.8) is 0 Å². The van der Waals surface area contributed by atoms with E-state index >= 15 is 0 Å². The minimum absolute atomic E-state index is 0.0178. The van der Waals surface area contributed by atoms with Gasteiger partial charge < -0.3 is 20.6 Å². The number of carbonyl (C=O) groups excluding carboxylic acids is 1. The van der Waals surface area contributed by atoms with E-state index in [0.29, 0.717) is 51.2 Å². The van der Waals surface area contributed by atoms with Crippen molar-refractivity contribution in [2.24, 2.45) is 16.8 Å². The lowest BCUT2D eigenvalue weighted by Crippen LogP contribution is -2.38. The van der Waals surface area contributed by atoms with Crippen molar-refractivity contribution < 1.29 is 20.1 Å². The minimum atomic E-state index is -0.633. The van der Waals surface area contributed by atoms with Crippen molar-refractivity contribution >= 4 is 44.5 Å². The number of hydrogen-bond donors (Lipinski definition) is 4. The number of guanidine groups is 1. The Kier molecular flexibility index (Phi) is 11.3. The molecule has 5 rings (SSSR count). The van der Waals surface area contributed by atoms with E-state index in [0.717, 1.165) is 34.0 Å². The molecule has 9 nitrogen and oxygen atoms in total. The number of unbranched alkanes of at least 4 members (excludes halogenated alkanes) is 1. The van der Waals surface area contributed by atoms with Gasteiger partial charge in [-0.2, -0.15) is 0 Å². The Morgan fingerprint density at radius 2 is 1.91 bits per heavy atom. The van der Waals surface area contributed by atoms with Gasteiger partial charge in [0.25, 0.3) is 0 Å². The Morgan fingerprint density at radius 1 is 1.09 bits per heavy atom. The van der Waals surface area contributed by atoms with Crippen LogP contribution in [0.3, 0.4) is 0 Å². The van der Waals surface area contributed by atoms with E-state index in [1.54, 1.807) is 23.4 Å². The molecule has 0 saturated heterocycles. The van der Waals surface area contributed by atoms with Gasteiger partial charge >= 0.3 is 0 Å². The molecule has 1 fully saturated rings. The van der Waals surface area contributed by atoms with Gasteiger partial charge in [0, 0.05) is 37.7 Å². The van der Waals surface area contributed by atoms with Crippen LogP contribution in [0.4, 0.5) is 5.69 Å². The fourth-order valence-electron chi connectivity index (χ4n) is 5.91.